The third-order valence-corrected chi connectivity index (χ3v) is 4.52. The Hall–Kier alpha value is -2.33. The molecule has 3 rings (SSSR count). The van der Waals surface area contributed by atoms with Crippen LogP contribution in [0, 0.1) is 13.8 Å². The largest absolute Gasteiger partial charge is 0.369 e. The molecule has 2 aromatic carbocycles. The van der Waals surface area contributed by atoms with Gasteiger partial charge in [0, 0.05) is 37.6 Å². The molecule has 1 amide bonds. The second-order valence-electron chi connectivity index (χ2n) is 6.47. The third-order valence-electron chi connectivity index (χ3n) is 4.52. The third kappa shape index (κ3) is 4.15. The second-order valence-corrected chi connectivity index (χ2v) is 6.47. The normalized spacial score (nSPS) is 15.3. The van der Waals surface area contributed by atoms with Crippen LogP contribution in [-0.4, -0.2) is 43.5 Å². The number of piperazine rings is 1. The van der Waals surface area contributed by atoms with Crippen molar-refractivity contribution in [3.63, 3.8) is 0 Å². The lowest BCUT2D eigenvalue weighted by molar-refractivity contribution is -0.117. The van der Waals surface area contributed by atoms with Crippen LogP contribution in [0.5, 0.6) is 0 Å². The average Bonchev–Trinajstić information content (AvgIpc) is 2.59. The van der Waals surface area contributed by atoms with Crippen molar-refractivity contribution < 1.29 is 4.79 Å². The van der Waals surface area contributed by atoms with E-state index in [0.717, 1.165) is 37.4 Å². The molecule has 4 heteroatoms. The Kier molecular flexibility index (Phi) is 5.16. The summed E-state index contributed by atoms with van der Waals surface area (Å²) in [5.41, 5.74) is 4.49. The molecule has 0 aliphatic carbocycles. The molecule has 1 aliphatic rings. The number of nitrogens with one attached hydrogen (secondary N) is 1. The lowest BCUT2D eigenvalue weighted by atomic mass is 10.1. The van der Waals surface area contributed by atoms with Gasteiger partial charge in [-0.1, -0.05) is 35.9 Å². The topological polar surface area (TPSA) is 35.6 Å². The fourth-order valence-electron chi connectivity index (χ4n) is 3.15. The molecule has 126 valence electrons. The van der Waals surface area contributed by atoms with Crippen molar-refractivity contribution in [1.29, 1.82) is 0 Å². The first-order chi connectivity index (χ1) is 11.6. The van der Waals surface area contributed by atoms with E-state index in [1.165, 1.54) is 11.3 Å². The number of hydrogen-bond donors (Lipinski definition) is 1. The maximum Gasteiger partial charge on any atom is 0.238 e. The van der Waals surface area contributed by atoms with Crippen molar-refractivity contribution in [3.8, 4) is 0 Å². The van der Waals surface area contributed by atoms with Crippen molar-refractivity contribution in [2.24, 2.45) is 0 Å². The Bertz CT molecular complexity index is 691. The van der Waals surface area contributed by atoms with Crippen LogP contribution in [0.1, 0.15) is 11.1 Å². The predicted octanol–water partition coefficient (Wildman–Crippen LogP) is 3.06. The number of nitrogens with zero attached hydrogens (tertiary/aromatic N) is 2. The molecule has 0 radical (unpaired) electrons. The van der Waals surface area contributed by atoms with Crippen LogP contribution < -0.4 is 10.2 Å². The molecule has 0 saturated carbocycles. The maximum absolute atomic E-state index is 12.3. The molecule has 0 atom stereocenters. The van der Waals surface area contributed by atoms with Crippen LogP contribution >= 0.6 is 0 Å². The molecule has 1 fully saturated rings. The van der Waals surface area contributed by atoms with E-state index in [-0.39, 0.29) is 5.91 Å². The number of hydrogen-bond acceptors (Lipinski definition) is 3. The Morgan fingerprint density at radius 3 is 2.38 bits per heavy atom. The van der Waals surface area contributed by atoms with Gasteiger partial charge in [0.1, 0.15) is 0 Å². The fourth-order valence-corrected chi connectivity index (χ4v) is 3.15. The van der Waals surface area contributed by atoms with Gasteiger partial charge in [0.05, 0.1) is 6.54 Å². The quantitative estimate of drug-likeness (QED) is 0.939. The molecule has 1 heterocycles. The summed E-state index contributed by atoms with van der Waals surface area (Å²) in [7, 11) is 0. The van der Waals surface area contributed by atoms with Crippen molar-refractivity contribution in [3.05, 3.63) is 59.7 Å². The van der Waals surface area contributed by atoms with Crippen LogP contribution in [0.3, 0.4) is 0 Å². The molecule has 0 aromatic heterocycles. The van der Waals surface area contributed by atoms with Gasteiger partial charge in [0.2, 0.25) is 5.91 Å². The minimum atomic E-state index is 0.0649. The Labute approximate surface area is 144 Å². The van der Waals surface area contributed by atoms with Crippen molar-refractivity contribution in [2.75, 3.05) is 42.9 Å². The highest BCUT2D eigenvalue weighted by Gasteiger charge is 2.19. The molecule has 0 unspecified atom stereocenters. The second kappa shape index (κ2) is 7.49. The first-order valence-electron chi connectivity index (χ1n) is 8.51. The number of rotatable bonds is 4. The van der Waals surface area contributed by atoms with E-state index < -0.39 is 0 Å². The van der Waals surface area contributed by atoms with Gasteiger partial charge in [-0.15, -0.1) is 0 Å². The van der Waals surface area contributed by atoms with Crippen LogP contribution in [0.25, 0.3) is 0 Å². The van der Waals surface area contributed by atoms with Gasteiger partial charge in [0.15, 0.2) is 0 Å². The molecule has 1 aliphatic heterocycles. The monoisotopic (exact) mass is 323 g/mol. The molecule has 2 aromatic rings. The molecule has 1 N–H and O–H groups in total. The molecule has 24 heavy (non-hydrogen) atoms. The zero-order valence-electron chi connectivity index (χ0n) is 14.5. The number of carbonyl (C=O) groups excluding carboxylic acids is 1. The number of benzene rings is 2. The van der Waals surface area contributed by atoms with Crippen LogP contribution in [-0.2, 0) is 4.79 Å². The van der Waals surface area contributed by atoms with Gasteiger partial charge < -0.3 is 10.2 Å². The number of aryl methyl sites for hydroxylation is 2. The summed E-state index contributed by atoms with van der Waals surface area (Å²) in [5.74, 6) is 0.0649. The summed E-state index contributed by atoms with van der Waals surface area (Å²) in [6.07, 6.45) is 0. The summed E-state index contributed by atoms with van der Waals surface area (Å²) in [6.45, 7) is 8.29. The summed E-state index contributed by atoms with van der Waals surface area (Å²) < 4.78 is 0. The van der Waals surface area contributed by atoms with E-state index in [2.05, 4.69) is 52.4 Å². The molecule has 4 nitrogen and oxygen atoms in total. The van der Waals surface area contributed by atoms with Crippen LogP contribution in [0.2, 0.25) is 0 Å². The van der Waals surface area contributed by atoms with Crippen molar-refractivity contribution in [1.82, 2.24) is 4.90 Å². The Morgan fingerprint density at radius 1 is 1.00 bits per heavy atom. The molecule has 1 saturated heterocycles. The highest BCUT2D eigenvalue weighted by atomic mass is 16.2. The van der Waals surface area contributed by atoms with Crippen molar-refractivity contribution in [2.45, 2.75) is 13.8 Å². The zero-order valence-corrected chi connectivity index (χ0v) is 14.5. The van der Waals surface area contributed by atoms with Crippen LogP contribution in [0.15, 0.2) is 48.5 Å². The Morgan fingerprint density at radius 2 is 1.71 bits per heavy atom. The van der Waals surface area contributed by atoms with Gasteiger partial charge in [-0.2, -0.15) is 0 Å². The lowest BCUT2D eigenvalue weighted by Crippen LogP contribution is -2.48. The van der Waals surface area contributed by atoms with Gasteiger partial charge in [-0.05, 0) is 37.6 Å². The van der Waals surface area contributed by atoms with E-state index in [1.807, 2.05) is 25.1 Å². The van der Waals surface area contributed by atoms with Gasteiger partial charge in [0.25, 0.3) is 0 Å². The van der Waals surface area contributed by atoms with E-state index >= 15 is 0 Å². The minimum Gasteiger partial charge on any atom is -0.369 e. The minimum absolute atomic E-state index is 0.0649. The highest BCUT2D eigenvalue weighted by Crippen LogP contribution is 2.17. The fraction of sp³-hybridized carbons (Fsp3) is 0.350. The van der Waals surface area contributed by atoms with E-state index in [9.17, 15) is 4.79 Å². The van der Waals surface area contributed by atoms with E-state index in [0.29, 0.717) is 6.54 Å². The van der Waals surface area contributed by atoms with Gasteiger partial charge >= 0.3 is 0 Å². The summed E-state index contributed by atoms with van der Waals surface area (Å²) >= 11 is 0. The predicted molar refractivity (Wildman–Crippen MR) is 99.6 cm³/mol. The van der Waals surface area contributed by atoms with Gasteiger partial charge in [-0.3, -0.25) is 9.69 Å². The first kappa shape index (κ1) is 16.5. The van der Waals surface area contributed by atoms with E-state index in [1.54, 1.807) is 0 Å². The average molecular weight is 323 g/mol. The van der Waals surface area contributed by atoms with Crippen LogP contribution in [0.4, 0.5) is 11.4 Å². The summed E-state index contributed by atoms with van der Waals surface area (Å²) in [5, 5.41) is 3.03. The van der Waals surface area contributed by atoms with Crippen molar-refractivity contribution >= 4 is 17.3 Å². The molecular formula is C20H25N3O. The molecular weight excluding hydrogens is 298 g/mol. The standard InChI is InChI=1S/C20H25N3O/c1-16-8-9-19(17(2)14-16)21-20(24)15-22-10-12-23(13-11-22)18-6-4-3-5-7-18/h3-9,14H,10-13,15H2,1-2H3,(H,21,24). The molecule has 0 bridgehead atoms. The first-order valence-corrected chi connectivity index (χ1v) is 8.51. The van der Waals surface area contributed by atoms with E-state index in [4.69, 9.17) is 0 Å². The number of anilines is 2. The number of amides is 1. The summed E-state index contributed by atoms with van der Waals surface area (Å²) in [6, 6.07) is 16.6. The Balaban J connectivity index is 1.50. The van der Waals surface area contributed by atoms with Gasteiger partial charge in [-0.25, -0.2) is 0 Å². The highest BCUT2D eigenvalue weighted by molar-refractivity contribution is 5.93. The number of carbonyl (C=O) groups is 1. The maximum atomic E-state index is 12.3. The smallest absolute Gasteiger partial charge is 0.238 e. The lowest BCUT2D eigenvalue weighted by Gasteiger charge is -2.35. The summed E-state index contributed by atoms with van der Waals surface area (Å²) in [4.78, 5) is 16.9. The molecule has 0 spiro atoms. The zero-order chi connectivity index (χ0) is 16.9. The SMILES string of the molecule is Cc1ccc(NC(=O)CN2CCN(c3ccccc3)CC2)c(C)c1. The number of para-hydroxylation sites is 1.